The van der Waals surface area contributed by atoms with Gasteiger partial charge >= 0.3 is 5.97 Å². The SMILES string of the molecule is COC(=O)CNC1CC(C)CCC1C. The third-order valence-electron chi connectivity index (χ3n) is 3.19. The Hall–Kier alpha value is -0.570. The minimum Gasteiger partial charge on any atom is -0.468 e. The highest BCUT2D eigenvalue weighted by atomic mass is 16.5. The van der Waals surface area contributed by atoms with E-state index in [2.05, 4.69) is 23.9 Å². The Morgan fingerprint density at radius 3 is 2.79 bits per heavy atom. The van der Waals surface area contributed by atoms with Crippen LogP contribution in [0.25, 0.3) is 0 Å². The molecule has 3 nitrogen and oxygen atoms in total. The van der Waals surface area contributed by atoms with Gasteiger partial charge in [0.05, 0.1) is 13.7 Å². The fourth-order valence-corrected chi connectivity index (χ4v) is 2.10. The molecule has 1 saturated carbocycles. The lowest BCUT2D eigenvalue weighted by Crippen LogP contribution is -2.42. The van der Waals surface area contributed by atoms with Crippen molar-refractivity contribution >= 4 is 5.97 Å². The van der Waals surface area contributed by atoms with E-state index in [1.807, 2.05) is 0 Å². The van der Waals surface area contributed by atoms with Crippen LogP contribution < -0.4 is 5.32 Å². The summed E-state index contributed by atoms with van der Waals surface area (Å²) in [7, 11) is 1.43. The predicted octanol–water partition coefficient (Wildman–Crippen LogP) is 1.57. The second kappa shape index (κ2) is 5.35. The smallest absolute Gasteiger partial charge is 0.319 e. The number of esters is 1. The molecule has 0 amide bonds. The van der Waals surface area contributed by atoms with Gasteiger partial charge in [-0.15, -0.1) is 0 Å². The molecule has 0 bridgehead atoms. The number of rotatable bonds is 3. The maximum atomic E-state index is 11.0. The standard InChI is InChI=1S/C11H21NO2/c1-8-4-5-9(2)10(6-8)12-7-11(13)14-3/h8-10,12H,4-7H2,1-3H3. The number of ether oxygens (including phenoxy) is 1. The molecule has 3 heteroatoms. The molecule has 0 aromatic heterocycles. The highest BCUT2D eigenvalue weighted by molar-refractivity contribution is 5.71. The van der Waals surface area contributed by atoms with Crippen LogP contribution in [-0.4, -0.2) is 25.7 Å². The molecule has 14 heavy (non-hydrogen) atoms. The van der Waals surface area contributed by atoms with E-state index in [-0.39, 0.29) is 5.97 Å². The van der Waals surface area contributed by atoms with Gasteiger partial charge in [0.25, 0.3) is 0 Å². The number of methoxy groups -OCH3 is 1. The highest BCUT2D eigenvalue weighted by Gasteiger charge is 2.25. The number of hydrogen-bond acceptors (Lipinski definition) is 3. The summed E-state index contributed by atoms with van der Waals surface area (Å²) in [4.78, 5) is 11.0. The third kappa shape index (κ3) is 3.29. The van der Waals surface area contributed by atoms with Crippen LogP contribution in [0.1, 0.15) is 33.1 Å². The molecular formula is C11H21NO2. The summed E-state index contributed by atoms with van der Waals surface area (Å²) in [6.07, 6.45) is 3.76. The minimum atomic E-state index is -0.171. The van der Waals surface area contributed by atoms with E-state index in [0.29, 0.717) is 18.5 Å². The molecule has 0 aromatic rings. The molecule has 1 aliphatic carbocycles. The molecule has 1 rings (SSSR count). The maximum absolute atomic E-state index is 11.0. The van der Waals surface area contributed by atoms with Gasteiger partial charge in [0.2, 0.25) is 0 Å². The lowest BCUT2D eigenvalue weighted by molar-refractivity contribution is -0.139. The Balaban J connectivity index is 2.30. The first kappa shape index (κ1) is 11.5. The first-order valence-corrected chi connectivity index (χ1v) is 5.43. The first-order chi connectivity index (χ1) is 6.63. The first-order valence-electron chi connectivity index (χ1n) is 5.43. The van der Waals surface area contributed by atoms with Gasteiger partial charge in [-0.3, -0.25) is 4.79 Å². The van der Waals surface area contributed by atoms with Gasteiger partial charge < -0.3 is 10.1 Å². The Bertz CT molecular complexity index is 194. The molecule has 0 spiro atoms. The van der Waals surface area contributed by atoms with Gasteiger partial charge in [-0.05, 0) is 24.7 Å². The summed E-state index contributed by atoms with van der Waals surface area (Å²) in [6.45, 7) is 4.87. The van der Waals surface area contributed by atoms with Crippen molar-refractivity contribution in [1.82, 2.24) is 5.32 Å². The largest absolute Gasteiger partial charge is 0.468 e. The molecule has 3 atom stereocenters. The topological polar surface area (TPSA) is 38.3 Å². The predicted molar refractivity (Wildman–Crippen MR) is 56.0 cm³/mol. The zero-order valence-corrected chi connectivity index (χ0v) is 9.38. The number of hydrogen-bond donors (Lipinski definition) is 1. The number of carbonyl (C=O) groups is 1. The van der Waals surface area contributed by atoms with Crippen LogP contribution in [0.3, 0.4) is 0 Å². The van der Waals surface area contributed by atoms with Gasteiger partial charge in [0.15, 0.2) is 0 Å². The van der Waals surface area contributed by atoms with Gasteiger partial charge in [-0.2, -0.15) is 0 Å². The molecule has 0 aliphatic heterocycles. The van der Waals surface area contributed by atoms with E-state index < -0.39 is 0 Å². The summed E-state index contributed by atoms with van der Waals surface area (Å²) >= 11 is 0. The highest BCUT2D eigenvalue weighted by Crippen LogP contribution is 2.28. The Morgan fingerprint density at radius 1 is 1.43 bits per heavy atom. The fraction of sp³-hybridized carbons (Fsp3) is 0.909. The second-order valence-corrected chi connectivity index (χ2v) is 4.46. The number of carbonyl (C=O) groups excluding carboxylic acids is 1. The van der Waals surface area contributed by atoms with E-state index in [0.717, 1.165) is 5.92 Å². The number of nitrogens with one attached hydrogen (secondary N) is 1. The van der Waals surface area contributed by atoms with Crippen LogP contribution in [0.2, 0.25) is 0 Å². The Labute approximate surface area is 86.2 Å². The zero-order chi connectivity index (χ0) is 10.6. The lowest BCUT2D eigenvalue weighted by Gasteiger charge is -2.33. The van der Waals surface area contributed by atoms with E-state index in [1.54, 1.807) is 0 Å². The van der Waals surface area contributed by atoms with Crippen molar-refractivity contribution in [2.24, 2.45) is 11.8 Å². The van der Waals surface area contributed by atoms with E-state index in [9.17, 15) is 4.79 Å². The van der Waals surface area contributed by atoms with Crippen LogP contribution in [0.15, 0.2) is 0 Å². The summed E-state index contributed by atoms with van der Waals surface area (Å²) in [5.41, 5.74) is 0. The van der Waals surface area contributed by atoms with Gasteiger partial charge in [0.1, 0.15) is 0 Å². The average molecular weight is 199 g/mol. The van der Waals surface area contributed by atoms with Crippen molar-refractivity contribution < 1.29 is 9.53 Å². The van der Waals surface area contributed by atoms with Crippen LogP contribution in [0, 0.1) is 11.8 Å². The third-order valence-corrected chi connectivity index (χ3v) is 3.19. The van der Waals surface area contributed by atoms with Crippen LogP contribution >= 0.6 is 0 Å². The quantitative estimate of drug-likeness (QED) is 0.701. The molecule has 0 radical (unpaired) electrons. The van der Waals surface area contributed by atoms with Crippen molar-refractivity contribution in [2.75, 3.05) is 13.7 Å². The summed E-state index contributed by atoms with van der Waals surface area (Å²) in [5.74, 6) is 1.28. The van der Waals surface area contributed by atoms with Crippen molar-refractivity contribution in [2.45, 2.75) is 39.2 Å². The lowest BCUT2D eigenvalue weighted by atomic mass is 9.80. The summed E-state index contributed by atoms with van der Waals surface area (Å²) in [6, 6.07) is 0.484. The zero-order valence-electron chi connectivity index (χ0n) is 9.38. The van der Waals surface area contributed by atoms with Crippen molar-refractivity contribution in [3.63, 3.8) is 0 Å². The molecule has 82 valence electrons. The van der Waals surface area contributed by atoms with Crippen LogP contribution in [0.4, 0.5) is 0 Å². The monoisotopic (exact) mass is 199 g/mol. The molecular weight excluding hydrogens is 178 g/mol. The molecule has 1 fully saturated rings. The maximum Gasteiger partial charge on any atom is 0.319 e. The van der Waals surface area contributed by atoms with E-state index in [1.165, 1.54) is 26.4 Å². The second-order valence-electron chi connectivity index (χ2n) is 4.46. The van der Waals surface area contributed by atoms with Crippen LogP contribution in [-0.2, 0) is 9.53 Å². The normalized spacial score (nSPS) is 32.6. The van der Waals surface area contributed by atoms with Crippen molar-refractivity contribution in [3.05, 3.63) is 0 Å². The van der Waals surface area contributed by atoms with Gasteiger partial charge in [-0.1, -0.05) is 20.3 Å². The van der Waals surface area contributed by atoms with Gasteiger partial charge in [-0.25, -0.2) is 0 Å². The minimum absolute atomic E-state index is 0.171. The molecule has 0 aromatic carbocycles. The van der Waals surface area contributed by atoms with E-state index in [4.69, 9.17) is 0 Å². The van der Waals surface area contributed by atoms with E-state index >= 15 is 0 Å². The molecule has 0 heterocycles. The van der Waals surface area contributed by atoms with Crippen molar-refractivity contribution in [3.8, 4) is 0 Å². The summed E-state index contributed by atoms with van der Waals surface area (Å²) in [5, 5.41) is 3.28. The molecule has 3 unspecified atom stereocenters. The average Bonchev–Trinajstić information content (AvgIpc) is 2.19. The molecule has 1 aliphatic rings. The van der Waals surface area contributed by atoms with Crippen LogP contribution in [0.5, 0.6) is 0 Å². The molecule has 1 N–H and O–H groups in total. The van der Waals surface area contributed by atoms with Crippen molar-refractivity contribution in [1.29, 1.82) is 0 Å². The molecule has 0 saturated heterocycles. The van der Waals surface area contributed by atoms with Gasteiger partial charge in [0, 0.05) is 6.04 Å². The Kier molecular flexibility index (Phi) is 4.39. The Morgan fingerprint density at radius 2 is 2.14 bits per heavy atom. The fourth-order valence-electron chi connectivity index (χ4n) is 2.10. The summed E-state index contributed by atoms with van der Waals surface area (Å²) < 4.78 is 4.60.